The first-order valence-electron chi connectivity index (χ1n) is 4.84. The van der Waals surface area contributed by atoms with Crippen LogP contribution < -0.4 is 5.73 Å². The highest BCUT2D eigenvalue weighted by molar-refractivity contribution is 9.10. The van der Waals surface area contributed by atoms with Crippen molar-refractivity contribution in [3.63, 3.8) is 0 Å². The lowest BCUT2D eigenvalue weighted by Gasteiger charge is -2.32. The molecule has 4 heteroatoms. The number of fused-ring (bicyclic) bond motifs is 2. The monoisotopic (exact) mass is 259 g/mol. The summed E-state index contributed by atoms with van der Waals surface area (Å²) in [6.45, 7) is 3.96. The van der Waals surface area contributed by atoms with E-state index in [4.69, 9.17) is 5.73 Å². The minimum atomic E-state index is -0.911. The second kappa shape index (κ2) is 2.60. The number of carbonyl (C=O) groups excluding carboxylic acids is 2. The maximum Gasteiger partial charge on any atom is 0.231 e. The number of alkyl halides is 1. The topological polar surface area (TPSA) is 60.2 Å². The summed E-state index contributed by atoms with van der Waals surface area (Å²) in [5, 5.41) is 0. The smallest absolute Gasteiger partial charge is 0.231 e. The molecular weight excluding hydrogens is 246 g/mol. The van der Waals surface area contributed by atoms with Gasteiger partial charge >= 0.3 is 0 Å². The molecule has 2 rings (SSSR count). The highest BCUT2D eigenvalue weighted by atomic mass is 79.9. The van der Waals surface area contributed by atoms with Crippen LogP contribution in [0.25, 0.3) is 0 Å². The Bertz CT molecular complexity index is 326. The predicted molar refractivity (Wildman–Crippen MR) is 55.9 cm³/mol. The molecule has 0 aromatic heterocycles. The summed E-state index contributed by atoms with van der Waals surface area (Å²) in [7, 11) is 0. The van der Waals surface area contributed by atoms with Crippen LogP contribution in [0.3, 0.4) is 0 Å². The van der Waals surface area contributed by atoms with Gasteiger partial charge in [0, 0.05) is 0 Å². The summed E-state index contributed by atoms with van der Waals surface area (Å²) < 4.78 is 0. The van der Waals surface area contributed by atoms with E-state index < -0.39 is 11.3 Å². The third-order valence-corrected chi connectivity index (χ3v) is 5.36. The lowest BCUT2D eigenvalue weighted by atomic mass is 9.68. The van der Waals surface area contributed by atoms with E-state index in [1.807, 2.05) is 13.8 Å². The van der Waals surface area contributed by atoms with E-state index in [2.05, 4.69) is 15.9 Å². The van der Waals surface area contributed by atoms with E-state index in [1.54, 1.807) is 0 Å². The van der Waals surface area contributed by atoms with Gasteiger partial charge in [0.2, 0.25) is 5.91 Å². The molecule has 0 aliphatic heterocycles. The second-order valence-corrected chi connectivity index (χ2v) is 5.89. The Morgan fingerprint density at radius 2 is 2.14 bits per heavy atom. The van der Waals surface area contributed by atoms with Crippen molar-refractivity contribution in [1.82, 2.24) is 0 Å². The fraction of sp³-hybridized carbons (Fsp3) is 0.800. The molecule has 2 bridgehead atoms. The molecule has 0 aromatic rings. The molecule has 2 fully saturated rings. The lowest BCUT2D eigenvalue weighted by molar-refractivity contribution is -0.142. The summed E-state index contributed by atoms with van der Waals surface area (Å²) in [6, 6.07) is 0. The molecule has 2 saturated carbocycles. The Balaban J connectivity index is 2.59. The molecule has 0 aromatic carbocycles. The zero-order valence-corrected chi connectivity index (χ0v) is 9.93. The molecule has 0 saturated heterocycles. The Labute approximate surface area is 91.5 Å². The van der Waals surface area contributed by atoms with Gasteiger partial charge in [-0.2, -0.15) is 0 Å². The summed E-state index contributed by atoms with van der Waals surface area (Å²) in [6.07, 6.45) is 1.54. The van der Waals surface area contributed by atoms with Crippen molar-refractivity contribution >= 4 is 27.6 Å². The van der Waals surface area contributed by atoms with Crippen LogP contribution in [0.4, 0.5) is 0 Å². The van der Waals surface area contributed by atoms with Crippen molar-refractivity contribution < 1.29 is 9.59 Å². The zero-order chi connectivity index (χ0) is 10.7. The van der Waals surface area contributed by atoms with Crippen LogP contribution >= 0.6 is 15.9 Å². The minimum absolute atomic E-state index is 0.00810. The van der Waals surface area contributed by atoms with Crippen molar-refractivity contribution in [2.45, 2.75) is 31.5 Å². The van der Waals surface area contributed by atoms with Crippen molar-refractivity contribution in [3.8, 4) is 0 Å². The molecule has 3 atom stereocenters. The van der Waals surface area contributed by atoms with Crippen molar-refractivity contribution in [1.29, 1.82) is 0 Å². The molecule has 14 heavy (non-hydrogen) atoms. The van der Waals surface area contributed by atoms with Gasteiger partial charge in [0.15, 0.2) is 5.78 Å². The quantitative estimate of drug-likeness (QED) is 0.569. The Hall–Kier alpha value is -0.380. The maximum absolute atomic E-state index is 12.0. The first kappa shape index (κ1) is 10.1. The van der Waals surface area contributed by atoms with Gasteiger partial charge in [-0.15, -0.1) is 0 Å². The molecular formula is C10H14BrNO2. The standard InChI is InChI=1S/C10H14BrNO2/c1-9(2)5-3-4-10(9,8(12)14)7(13)6(5)11/h5-6H,3-4H2,1-2H3,(H2,12,14). The molecule has 3 unspecified atom stereocenters. The average Bonchev–Trinajstić information content (AvgIpc) is 2.41. The van der Waals surface area contributed by atoms with Gasteiger partial charge in [-0.05, 0) is 24.2 Å². The van der Waals surface area contributed by atoms with E-state index in [1.165, 1.54) is 0 Å². The molecule has 0 radical (unpaired) electrons. The van der Waals surface area contributed by atoms with Crippen LogP contribution in [0.5, 0.6) is 0 Å². The number of carbonyl (C=O) groups is 2. The van der Waals surface area contributed by atoms with Gasteiger partial charge in [0.05, 0.1) is 4.83 Å². The number of primary amides is 1. The van der Waals surface area contributed by atoms with Gasteiger partial charge in [-0.25, -0.2) is 0 Å². The predicted octanol–water partition coefficient (Wildman–Crippen LogP) is 1.24. The first-order valence-corrected chi connectivity index (χ1v) is 5.75. The van der Waals surface area contributed by atoms with Crippen LogP contribution in [0, 0.1) is 16.7 Å². The molecule has 0 spiro atoms. The van der Waals surface area contributed by atoms with E-state index in [-0.39, 0.29) is 21.9 Å². The molecule has 1 amide bonds. The Kier molecular flexibility index (Phi) is 1.88. The van der Waals surface area contributed by atoms with Crippen LogP contribution in [-0.2, 0) is 9.59 Å². The Morgan fingerprint density at radius 1 is 1.57 bits per heavy atom. The van der Waals surface area contributed by atoms with Crippen molar-refractivity contribution in [3.05, 3.63) is 0 Å². The Morgan fingerprint density at radius 3 is 2.43 bits per heavy atom. The fourth-order valence-corrected chi connectivity index (χ4v) is 4.62. The fourth-order valence-electron chi connectivity index (χ4n) is 3.30. The molecule has 2 aliphatic carbocycles. The second-order valence-electron chi connectivity index (χ2n) is 4.90. The highest BCUT2D eigenvalue weighted by Crippen LogP contribution is 2.65. The minimum Gasteiger partial charge on any atom is -0.369 e. The van der Waals surface area contributed by atoms with Crippen LogP contribution in [0.2, 0.25) is 0 Å². The van der Waals surface area contributed by atoms with E-state index >= 15 is 0 Å². The largest absolute Gasteiger partial charge is 0.369 e. The summed E-state index contributed by atoms with van der Waals surface area (Å²) in [4.78, 5) is 23.3. The van der Waals surface area contributed by atoms with Crippen LogP contribution in [0.15, 0.2) is 0 Å². The number of hydrogen-bond acceptors (Lipinski definition) is 2. The zero-order valence-electron chi connectivity index (χ0n) is 8.34. The third kappa shape index (κ3) is 0.794. The normalized spacial score (nSPS) is 44.4. The number of amides is 1. The number of nitrogens with two attached hydrogens (primary N) is 1. The number of rotatable bonds is 1. The van der Waals surface area contributed by atoms with E-state index in [0.717, 1.165) is 6.42 Å². The van der Waals surface area contributed by atoms with Gasteiger partial charge in [0.1, 0.15) is 5.41 Å². The highest BCUT2D eigenvalue weighted by Gasteiger charge is 2.71. The number of hydrogen-bond donors (Lipinski definition) is 1. The van der Waals surface area contributed by atoms with Gasteiger partial charge in [-0.1, -0.05) is 29.8 Å². The van der Waals surface area contributed by atoms with E-state index in [9.17, 15) is 9.59 Å². The molecule has 78 valence electrons. The summed E-state index contributed by atoms with van der Waals surface area (Å²) in [5.41, 5.74) is 4.22. The molecule has 2 aliphatic rings. The number of Topliss-reactive ketones (excluding diaryl/α,β-unsaturated/α-hetero) is 1. The van der Waals surface area contributed by atoms with Crippen molar-refractivity contribution in [2.75, 3.05) is 0 Å². The number of halogens is 1. The molecule has 2 N–H and O–H groups in total. The lowest BCUT2D eigenvalue weighted by Crippen LogP contribution is -2.48. The van der Waals surface area contributed by atoms with Gasteiger partial charge in [0.25, 0.3) is 0 Å². The summed E-state index contributed by atoms with van der Waals surface area (Å²) in [5.74, 6) is -0.203. The number of ketones is 1. The first-order chi connectivity index (χ1) is 6.35. The SMILES string of the molecule is CC1(C)C2CCC1(C(N)=O)C(=O)C2Br. The third-order valence-electron chi connectivity index (χ3n) is 4.30. The van der Waals surface area contributed by atoms with Gasteiger partial charge < -0.3 is 5.73 Å². The van der Waals surface area contributed by atoms with Crippen LogP contribution in [-0.4, -0.2) is 16.5 Å². The van der Waals surface area contributed by atoms with Crippen LogP contribution in [0.1, 0.15) is 26.7 Å². The molecule has 3 nitrogen and oxygen atoms in total. The molecule has 0 heterocycles. The maximum atomic E-state index is 12.0. The van der Waals surface area contributed by atoms with E-state index in [0.29, 0.717) is 6.42 Å². The van der Waals surface area contributed by atoms with Gasteiger partial charge in [-0.3, -0.25) is 9.59 Å². The average molecular weight is 260 g/mol. The summed E-state index contributed by atoms with van der Waals surface area (Å²) >= 11 is 3.38. The van der Waals surface area contributed by atoms with Crippen molar-refractivity contribution in [2.24, 2.45) is 22.5 Å².